The van der Waals surface area contributed by atoms with Gasteiger partial charge in [0, 0.05) is 13.6 Å². The van der Waals surface area contributed by atoms with Gasteiger partial charge in [-0.3, -0.25) is 9.59 Å². The molecule has 1 unspecified atom stereocenters. The Morgan fingerprint density at radius 3 is 2.71 bits per heavy atom. The van der Waals surface area contributed by atoms with E-state index in [9.17, 15) is 9.59 Å². The van der Waals surface area contributed by atoms with Crippen molar-refractivity contribution in [2.75, 3.05) is 19.3 Å². The largest absolute Gasteiger partial charge is 0.358 e. The number of amides is 2. The molecule has 0 saturated carbocycles. The van der Waals surface area contributed by atoms with E-state index < -0.39 is 0 Å². The van der Waals surface area contributed by atoms with Crippen molar-refractivity contribution in [2.45, 2.75) is 12.2 Å². The Balaban J connectivity index is 3.71. The number of nitrogens with one attached hydrogen (secondary N) is 2. The number of hydrogen-bond donors (Lipinski definition) is 2. The van der Waals surface area contributed by atoms with Gasteiger partial charge in [-0.15, -0.1) is 18.3 Å². The number of thioether (sulfide) groups is 1. The summed E-state index contributed by atoms with van der Waals surface area (Å²) in [5.74, 6) is 0.163. The van der Waals surface area contributed by atoms with E-state index in [0.717, 1.165) is 0 Å². The van der Waals surface area contributed by atoms with Crippen molar-refractivity contribution in [3.63, 3.8) is 0 Å². The molecule has 4 nitrogen and oxygen atoms in total. The van der Waals surface area contributed by atoms with E-state index in [0.29, 0.717) is 12.3 Å². The van der Waals surface area contributed by atoms with Crippen LogP contribution in [0.15, 0.2) is 12.7 Å². The van der Waals surface area contributed by atoms with E-state index in [2.05, 4.69) is 17.2 Å². The summed E-state index contributed by atoms with van der Waals surface area (Å²) in [5, 5.41) is 4.94. The van der Waals surface area contributed by atoms with Crippen molar-refractivity contribution in [1.29, 1.82) is 0 Å². The molecule has 0 spiro atoms. The summed E-state index contributed by atoms with van der Waals surface area (Å²) in [4.78, 5) is 22.2. The van der Waals surface area contributed by atoms with Gasteiger partial charge >= 0.3 is 0 Å². The van der Waals surface area contributed by atoms with Crippen LogP contribution in [0.5, 0.6) is 0 Å². The molecule has 14 heavy (non-hydrogen) atoms. The Bertz CT molecular complexity index is 219. The summed E-state index contributed by atoms with van der Waals surface area (Å²) in [6.07, 6.45) is 1.62. The molecule has 0 fully saturated rings. The van der Waals surface area contributed by atoms with Crippen LogP contribution in [0.2, 0.25) is 0 Å². The van der Waals surface area contributed by atoms with E-state index in [1.54, 1.807) is 20.0 Å². The monoisotopic (exact) mass is 216 g/mol. The zero-order chi connectivity index (χ0) is 11.0. The Kier molecular flexibility index (Phi) is 6.92. The molecule has 0 rings (SSSR count). The molecule has 0 aliphatic heterocycles. The molecule has 0 heterocycles. The van der Waals surface area contributed by atoms with Crippen molar-refractivity contribution in [3.05, 3.63) is 12.7 Å². The highest BCUT2D eigenvalue weighted by molar-refractivity contribution is 8.01. The van der Waals surface area contributed by atoms with E-state index in [4.69, 9.17) is 0 Å². The van der Waals surface area contributed by atoms with Crippen molar-refractivity contribution in [2.24, 2.45) is 0 Å². The summed E-state index contributed by atoms with van der Waals surface area (Å²) in [7, 11) is 1.57. The number of carbonyl (C=O) groups is 2. The molecule has 1 atom stereocenters. The summed E-state index contributed by atoms with van der Waals surface area (Å²) in [6, 6.07) is 0. The molecule has 2 N–H and O–H groups in total. The predicted octanol–water partition coefficient (Wildman–Crippen LogP) is 0.156. The Morgan fingerprint density at radius 1 is 1.57 bits per heavy atom. The van der Waals surface area contributed by atoms with Gasteiger partial charge in [-0.05, 0) is 6.92 Å². The predicted molar refractivity (Wildman–Crippen MR) is 59.2 cm³/mol. The van der Waals surface area contributed by atoms with Crippen LogP contribution < -0.4 is 10.6 Å². The summed E-state index contributed by atoms with van der Waals surface area (Å²) in [5.41, 5.74) is 0. The van der Waals surface area contributed by atoms with Gasteiger partial charge in [0.1, 0.15) is 0 Å². The molecule has 0 aromatic heterocycles. The molecule has 0 saturated heterocycles. The fourth-order valence-electron chi connectivity index (χ4n) is 0.665. The third kappa shape index (κ3) is 5.64. The van der Waals surface area contributed by atoms with Crippen molar-refractivity contribution in [3.8, 4) is 0 Å². The Labute approximate surface area is 88.5 Å². The third-order valence-corrected chi connectivity index (χ3v) is 2.68. The Morgan fingerprint density at radius 2 is 2.21 bits per heavy atom. The average Bonchev–Trinajstić information content (AvgIpc) is 2.21. The first kappa shape index (κ1) is 13.0. The van der Waals surface area contributed by atoms with E-state index in [1.807, 2.05) is 0 Å². The fourth-order valence-corrected chi connectivity index (χ4v) is 1.45. The van der Waals surface area contributed by atoms with E-state index >= 15 is 0 Å². The van der Waals surface area contributed by atoms with Gasteiger partial charge in [-0.2, -0.15) is 0 Å². The van der Waals surface area contributed by atoms with Gasteiger partial charge in [0.15, 0.2) is 0 Å². The number of hydrogen-bond acceptors (Lipinski definition) is 3. The minimum absolute atomic E-state index is 0.0706. The van der Waals surface area contributed by atoms with Crippen LogP contribution in [-0.2, 0) is 9.59 Å². The highest BCUT2D eigenvalue weighted by atomic mass is 32.2. The fraction of sp³-hybridized carbons (Fsp3) is 0.556. The summed E-state index contributed by atoms with van der Waals surface area (Å²) in [6.45, 7) is 5.73. The lowest BCUT2D eigenvalue weighted by Gasteiger charge is -2.09. The summed E-state index contributed by atoms with van der Waals surface area (Å²) < 4.78 is 0. The highest BCUT2D eigenvalue weighted by Crippen LogP contribution is 2.09. The Hall–Kier alpha value is -0.970. The molecule has 0 aliphatic carbocycles. The second-order valence-electron chi connectivity index (χ2n) is 2.66. The second kappa shape index (κ2) is 7.44. The van der Waals surface area contributed by atoms with Gasteiger partial charge in [0.25, 0.3) is 0 Å². The lowest BCUT2D eigenvalue weighted by molar-refractivity contribution is -0.120. The smallest absolute Gasteiger partial charge is 0.233 e. The van der Waals surface area contributed by atoms with Crippen molar-refractivity contribution < 1.29 is 9.59 Å². The first-order valence-electron chi connectivity index (χ1n) is 4.32. The molecule has 0 radical (unpaired) electrons. The molecule has 5 heteroatoms. The zero-order valence-electron chi connectivity index (χ0n) is 8.50. The van der Waals surface area contributed by atoms with Crippen molar-refractivity contribution >= 4 is 23.6 Å². The quantitative estimate of drug-likeness (QED) is 0.622. The number of carbonyl (C=O) groups excluding carboxylic acids is 2. The van der Waals surface area contributed by atoms with Gasteiger partial charge in [0.05, 0.1) is 11.0 Å². The van der Waals surface area contributed by atoms with Crippen LogP contribution in [0.4, 0.5) is 0 Å². The molecular weight excluding hydrogens is 200 g/mol. The van der Waals surface area contributed by atoms with Crippen molar-refractivity contribution in [1.82, 2.24) is 10.6 Å². The molecule has 0 aromatic rings. The second-order valence-corrected chi connectivity index (χ2v) is 3.99. The molecular formula is C9H16N2O2S. The SMILES string of the molecule is C=CCNC(=O)C(C)SCC(=O)NC. The minimum atomic E-state index is -0.216. The molecule has 0 bridgehead atoms. The van der Waals surface area contributed by atoms with Crippen LogP contribution in [0.25, 0.3) is 0 Å². The maximum absolute atomic E-state index is 11.3. The molecule has 0 aliphatic rings. The maximum atomic E-state index is 11.3. The first-order chi connectivity index (χ1) is 6.61. The van der Waals surface area contributed by atoms with Crippen LogP contribution in [0, 0.1) is 0 Å². The standard InChI is InChI=1S/C9H16N2O2S/c1-4-5-11-9(13)7(2)14-6-8(12)10-3/h4,7H,1,5-6H2,2-3H3,(H,10,12)(H,11,13). The molecule has 0 aromatic carbocycles. The zero-order valence-corrected chi connectivity index (χ0v) is 9.32. The molecule has 2 amide bonds. The summed E-state index contributed by atoms with van der Waals surface area (Å²) >= 11 is 1.31. The lowest BCUT2D eigenvalue weighted by atomic mass is 10.4. The van der Waals surface area contributed by atoms with Gasteiger partial charge in [0.2, 0.25) is 11.8 Å². The minimum Gasteiger partial charge on any atom is -0.358 e. The van der Waals surface area contributed by atoms with Crippen LogP contribution in [0.1, 0.15) is 6.92 Å². The van der Waals surface area contributed by atoms with E-state index in [1.165, 1.54) is 11.8 Å². The van der Waals surface area contributed by atoms with Gasteiger partial charge in [-0.25, -0.2) is 0 Å². The highest BCUT2D eigenvalue weighted by Gasteiger charge is 2.13. The normalized spacial score (nSPS) is 11.6. The van der Waals surface area contributed by atoms with E-state index in [-0.39, 0.29) is 17.1 Å². The van der Waals surface area contributed by atoms with Crippen LogP contribution >= 0.6 is 11.8 Å². The lowest BCUT2D eigenvalue weighted by Crippen LogP contribution is -2.32. The van der Waals surface area contributed by atoms with Gasteiger partial charge < -0.3 is 10.6 Å². The number of rotatable bonds is 6. The van der Waals surface area contributed by atoms with Gasteiger partial charge in [-0.1, -0.05) is 6.08 Å². The average molecular weight is 216 g/mol. The first-order valence-corrected chi connectivity index (χ1v) is 5.37. The van der Waals surface area contributed by atoms with Crippen LogP contribution in [-0.4, -0.2) is 36.4 Å². The maximum Gasteiger partial charge on any atom is 0.233 e. The third-order valence-electron chi connectivity index (χ3n) is 1.53. The topological polar surface area (TPSA) is 58.2 Å². The van der Waals surface area contributed by atoms with Crippen LogP contribution in [0.3, 0.4) is 0 Å². The molecule has 80 valence electrons.